The molecule has 0 aliphatic rings. The molecule has 0 spiro atoms. The summed E-state index contributed by atoms with van der Waals surface area (Å²) < 4.78 is 12.9. The van der Waals surface area contributed by atoms with Crippen LogP contribution in [0.1, 0.15) is 12.5 Å². The highest BCUT2D eigenvalue weighted by atomic mass is 35.5. The maximum atomic E-state index is 12.9. The number of hydrogen-bond donors (Lipinski definition) is 0. The molecule has 1 atom stereocenters. The maximum absolute atomic E-state index is 12.9. The van der Waals surface area contributed by atoms with Crippen molar-refractivity contribution >= 4 is 35.0 Å². The molecule has 0 saturated carbocycles. The van der Waals surface area contributed by atoms with Crippen LogP contribution in [0, 0.1) is 5.82 Å². The molecule has 1 unspecified atom stereocenters. The van der Waals surface area contributed by atoms with Gasteiger partial charge in [-0.05, 0) is 23.8 Å². The fraction of sp³-hybridized carbons (Fsp3) is 0.400. The van der Waals surface area contributed by atoms with Crippen LogP contribution >= 0.6 is 35.0 Å². The van der Waals surface area contributed by atoms with E-state index >= 15 is 0 Å². The van der Waals surface area contributed by atoms with Crippen molar-refractivity contribution in [1.29, 1.82) is 0 Å². The molecular formula is C10H11Cl2FS. The van der Waals surface area contributed by atoms with E-state index < -0.39 is 0 Å². The average molecular weight is 253 g/mol. The van der Waals surface area contributed by atoms with Gasteiger partial charge in [0.1, 0.15) is 5.82 Å². The van der Waals surface area contributed by atoms with Crippen molar-refractivity contribution in [2.45, 2.75) is 17.9 Å². The minimum Gasteiger partial charge on any atom is -0.207 e. The van der Waals surface area contributed by atoms with Gasteiger partial charge in [-0.1, -0.05) is 18.5 Å². The van der Waals surface area contributed by atoms with E-state index in [0.29, 0.717) is 21.9 Å². The third-order valence-electron chi connectivity index (χ3n) is 1.75. The third kappa shape index (κ3) is 3.68. The second-order valence-corrected chi connectivity index (χ2v) is 5.15. The van der Waals surface area contributed by atoms with Crippen LogP contribution in [0.3, 0.4) is 0 Å². The molecule has 0 aliphatic heterocycles. The van der Waals surface area contributed by atoms with Crippen molar-refractivity contribution in [1.82, 2.24) is 0 Å². The Morgan fingerprint density at radius 3 is 2.86 bits per heavy atom. The highest BCUT2D eigenvalue weighted by molar-refractivity contribution is 7.99. The molecular weight excluding hydrogens is 242 g/mol. The monoisotopic (exact) mass is 252 g/mol. The Kier molecular flexibility index (Phi) is 5.07. The summed E-state index contributed by atoms with van der Waals surface area (Å²) >= 11 is 13.2. The van der Waals surface area contributed by atoms with Gasteiger partial charge in [0.15, 0.2) is 0 Å². The second kappa shape index (κ2) is 5.84. The van der Waals surface area contributed by atoms with Gasteiger partial charge in [-0.25, -0.2) is 4.39 Å². The second-order valence-electron chi connectivity index (χ2n) is 3.01. The van der Waals surface area contributed by atoms with Crippen molar-refractivity contribution in [2.24, 2.45) is 0 Å². The number of alkyl halides is 1. The molecule has 0 amide bonds. The summed E-state index contributed by atoms with van der Waals surface area (Å²) in [5, 5.41) is 0.969. The molecule has 0 bridgehead atoms. The van der Waals surface area contributed by atoms with E-state index in [-0.39, 0.29) is 5.82 Å². The van der Waals surface area contributed by atoms with Gasteiger partial charge >= 0.3 is 0 Å². The summed E-state index contributed by atoms with van der Waals surface area (Å²) in [5.74, 6) is 1.05. The molecule has 0 radical (unpaired) electrons. The first-order valence-corrected chi connectivity index (χ1v) is 6.21. The minimum absolute atomic E-state index is 0.247. The summed E-state index contributed by atoms with van der Waals surface area (Å²) in [6, 6.07) is 4.41. The van der Waals surface area contributed by atoms with Crippen molar-refractivity contribution in [3.8, 4) is 0 Å². The molecule has 0 saturated heterocycles. The van der Waals surface area contributed by atoms with Gasteiger partial charge in [-0.15, -0.1) is 11.6 Å². The molecule has 0 heterocycles. The van der Waals surface area contributed by atoms with Crippen LogP contribution in [-0.2, 0) is 5.75 Å². The van der Waals surface area contributed by atoms with Gasteiger partial charge in [0, 0.05) is 21.9 Å². The topological polar surface area (TPSA) is 0 Å². The lowest BCUT2D eigenvalue weighted by molar-refractivity contribution is 0.626. The number of thioether (sulfide) groups is 1. The molecule has 1 rings (SSSR count). The van der Waals surface area contributed by atoms with Crippen LogP contribution in [-0.4, -0.2) is 11.1 Å². The molecule has 0 fully saturated rings. The molecule has 78 valence electrons. The molecule has 1 aromatic rings. The van der Waals surface area contributed by atoms with E-state index in [9.17, 15) is 4.39 Å². The molecule has 1 aromatic carbocycles. The Labute approximate surface area is 97.8 Å². The molecule has 0 aliphatic carbocycles. The number of benzene rings is 1. The molecule has 4 heteroatoms. The number of hydrogen-bond acceptors (Lipinski definition) is 1. The van der Waals surface area contributed by atoms with Gasteiger partial charge in [0.2, 0.25) is 0 Å². The Morgan fingerprint density at radius 1 is 1.50 bits per heavy atom. The van der Waals surface area contributed by atoms with Gasteiger partial charge in [0.25, 0.3) is 0 Å². The predicted molar refractivity (Wildman–Crippen MR) is 62.9 cm³/mol. The zero-order valence-electron chi connectivity index (χ0n) is 7.77. The molecule has 0 aromatic heterocycles. The zero-order chi connectivity index (χ0) is 10.6. The normalized spacial score (nSPS) is 12.9. The van der Waals surface area contributed by atoms with Crippen molar-refractivity contribution in [2.75, 3.05) is 5.88 Å². The SMILES string of the molecule is CC(CCl)SCc1cc(F)ccc1Cl. The summed E-state index contributed by atoms with van der Waals surface area (Å²) in [5.41, 5.74) is 0.827. The van der Waals surface area contributed by atoms with Crippen molar-refractivity contribution in [3.63, 3.8) is 0 Å². The largest absolute Gasteiger partial charge is 0.207 e. The van der Waals surface area contributed by atoms with Crippen LogP contribution in [0.5, 0.6) is 0 Å². The Bertz CT molecular complexity index is 304. The number of rotatable bonds is 4. The van der Waals surface area contributed by atoms with Gasteiger partial charge in [-0.2, -0.15) is 11.8 Å². The van der Waals surface area contributed by atoms with Crippen LogP contribution < -0.4 is 0 Å². The van der Waals surface area contributed by atoms with Crippen LogP contribution in [0.25, 0.3) is 0 Å². The highest BCUT2D eigenvalue weighted by Crippen LogP contribution is 2.24. The van der Waals surface area contributed by atoms with E-state index in [1.54, 1.807) is 17.8 Å². The summed E-state index contributed by atoms with van der Waals surface area (Å²) in [6.07, 6.45) is 0. The molecule has 0 nitrogen and oxygen atoms in total. The first-order valence-electron chi connectivity index (χ1n) is 4.25. The molecule has 0 N–H and O–H groups in total. The molecule has 14 heavy (non-hydrogen) atoms. The lowest BCUT2D eigenvalue weighted by atomic mass is 10.2. The van der Waals surface area contributed by atoms with E-state index in [4.69, 9.17) is 23.2 Å². The van der Waals surface area contributed by atoms with E-state index in [2.05, 4.69) is 0 Å². The first kappa shape index (κ1) is 12.2. The smallest absolute Gasteiger partial charge is 0.123 e. The fourth-order valence-electron chi connectivity index (χ4n) is 0.931. The Hall–Kier alpha value is 0.0800. The average Bonchev–Trinajstić information content (AvgIpc) is 2.19. The zero-order valence-corrected chi connectivity index (χ0v) is 10.1. The van der Waals surface area contributed by atoms with E-state index in [1.165, 1.54) is 12.1 Å². The first-order chi connectivity index (χ1) is 6.63. The van der Waals surface area contributed by atoms with Crippen LogP contribution in [0.15, 0.2) is 18.2 Å². The van der Waals surface area contributed by atoms with Gasteiger partial charge < -0.3 is 0 Å². The number of halogens is 3. The van der Waals surface area contributed by atoms with Crippen LogP contribution in [0.4, 0.5) is 4.39 Å². The predicted octanol–water partition coefficient (Wildman–Crippen LogP) is 4.34. The van der Waals surface area contributed by atoms with Crippen LogP contribution in [0.2, 0.25) is 5.02 Å². The van der Waals surface area contributed by atoms with Gasteiger partial charge in [0.05, 0.1) is 0 Å². The van der Waals surface area contributed by atoms with Crippen molar-refractivity contribution in [3.05, 3.63) is 34.6 Å². The maximum Gasteiger partial charge on any atom is 0.123 e. The quantitative estimate of drug-likeness (QED) is 0.719. The van der Waals surface area contributed by atoms with Crippen molar-refractivity contribution < 1.29 is 4.39 Å². The summed E-state index contributed by atoms with van der Waals surface area (Å²) in [4.78, 5) is 0. The van der Waals surface area contributed by atoms with Gasteiger partial charge in [-0.3, -0.25) is 0 Å². The third-order valence-corrected chi connectivity index (χ3v) is 3.98. The Morgan fingerprint density at radius 2 is 2.21 bits per heavy atom. The lowest BCUT2D eigenvalue weighted by Gasteiger charge is -2.08. The van der Waals surface area contributed by atoms with E-state index in [1.807, 2.05) is 6.92 Å². The minimum atomic E-state index is -0.247. The highest BCUT2D eigenvalue weighted by Gasteiger charge is 2.05. The fourth-order valence-corrected chi connectivity index (χ4v) is 2.25. The summed E-state index contributed by atoms with van der Waals surface area (Å²) in [7, 11) is 0. The Balaban J connectivity index is 2.62. The summed E-state index contributed by atoms with van der Waals surface area (Å²) in [6.45, 7) is 2.03. The standard InChI is InChI=1S/C10H11Cl2FS/c1-7(5-11)14-6-8-4-9(13)2-3-10(8)12/h2-4,7H,5-6H2,1H3. The van der Waals surface area contributed by atoms with E-state index in [0.717, 1.165) is 5.56 Å². The lowest BCUT2D eigenvalue weighted by Crippen LogP contribution is -1.98.